The molecule has 4 rings (SSSR count). The van der Waals surface area contributed by atoms with Crippen molar-refractivity contribution in [2.45, 2.75) is 30.7 Å². The molecule has 0 amide bonds. The summed E-state index contributed by atoms with van der Waals surface area (Å²) in [7, 11) is -3.62. The summed E-state index contributed by atoms with van der Waals surface area (Å²) in [5, 5.41) is 11.8. The first-order valence-electron chi connectivity index (χ1n) is 10.8. The Balaban J connectivity index is 1.75. The van der Waals surface area contributed by atoms with Gasteiger partial charge < -0.3 is 20.3 Å². The molecule has 2 N–H and O–H groups in total. The van der Waals surface area contributed by atoms with Crippen molar-refractivity contribution in [1.29, 1.82) is 5.41 Å². The summed E-state index contributed by atoms with van der Waals surface area (Å²) in [6.45, 7) is 3.46. The minimum Gasteiger partial charge on any atom is -0.387 e. The second-order valence-electron chi connectivity index (χ2n) is 8.17. The van der Waals surface area contributed by atoms with Gasteiger partial charge >= 0.3 is 0 Å². The van der Waals surface area contributed by atoms with Crippen LogP contribution in [-0.4, -0.2) is 66.1 Å². The van der Waals surface area contributed by atoms with Crippen molar-refractivity contribution in [3.8, 4) is 0 Å². The minimum atomic E-state index is -4.04. The van der Waals surface area contributed by atoms with Crippen molar-refractivity contribution in [3.63, 3.8) is 0 Å². The number of halogens is 1. The molecule has 3 heterocycles. The summed E-state index contributed by atoms with van der Waals surface area (Å²) in [5.41, 5.74) is 1.70. The number of allylic oxidation sites excluding steroid dienone is 1. The van der Waals surface area contributed by atoms with E-state index in [2.05, 4.69) is 20.1 Å². The Labute approximate surface area is 203 Å². The first-order chi connectivity index (χ1) is 16.3. The standard InChI is InChI=1S/C22H24BClN6O3S/c1-15-2-4-18(5-3-15)34(32,33)30-20(10-19-21(24)27-14-28-22(19)30)16(11-25)12-26-17-6-8-29(9-7-17)23-13-31/h2-5,10-14,17,23,25-26H,6-9H2,1H3/b16-12+,25-11?. The van der Waals surface area contributed by atoms with E-state index in [1.54, 1.807) is 36.5 Å². The van der Waals surface area contributed by atoms with E-state index in [1.807, 2.05) is 6.92 Å². The minimum absolute atomic E-state index is 0.103. The molecule has 0 unspecified atom stereocenters. The lowest BCUT2D eigenvalue weighted by atomic mass is 9.90. The number of hydrogen-bond donors (Lipinski definition) is 2. The number of carbonyl (C=O) groups is 1. The van der Waals surface area contributed by atoms with Crippen LogP contribution in [0.2, 0.25) is 5.15 Å². The number of carbonyl (C=O) groups excluding carboxylic acids is 1. The molecule has 0 radical (unpaired) electrons. The smallest absolute Gasteiger partial charge is 0.281 e. The highest BCUT2D eigenvalue weighted by Gasteiger charge is 2.27. The summed E-state index contributed by atoms with van der Waals surface area (Å²) in [4.78, 5) is 21.1. The number of hydrogen-bond acceptors (Lipinski definition) is 8. The van der Waals surface area contributed by atoms with Gasteiger partial charge in [-0.2, -0.15) is 0 Å². The zero-order valence-electron chi connectivity index (χ0n) is 18.6. The Morgan fingerprint density at radius 2 is 1.94 bits per heavy atom. The maximum atomic E-state index is 13.7. The topological polar surface area (TPSA) is 121 Å². The molecular formula is C22H24BClN6O3S. The second-order valence-corrected chi connectivity index (χ2v) is 10.3. The lowest BCUT2D eigenvalue weighted by Crippen LogP contribution is -2.43. The van der Waals surface area contributed by atoms with Gasteiger partial charge in [-0.25, -0.2) is 22.4 Å². The predicted molar refractivity (Wildman–Crippen MR) is 135 cm³/mol. The van der Waals surface area contributed by atoms with Crippen molar-refractivity contribution in [2.75, 3.05) is 13.1 Å². The van der Waals surface area contributed by atoms with Gasteiger partial charge in [0.1, 0.15) is 11.5 Å². The van der Waals surface area contributed by atoms with Crippen LogP contribution in [0.5, 0.6) is 0 Å². The molecule has 3 aromatic rings. The monoisotopic (exact) mass is 498 g/mol. The summed E-state index contributed by atoms with van der Waals surface area (Å²) in [6, 6.07) is 8.28. The number of rotatable bonds is 8. The average Bonchev–Trinajstić information content (AvgIpc) is 3.23. The number of benzene rings is 1. The Morgan fingerprint density at radius 1 is 1.24 bits per heavy atom. The highest BCUT2D eigenvalue weighted by atomic mass is 35.5. The van der Waals surface area contributed by atoms with E-state index >= 15 is 0 Å². The van der Waals surface area contributed by atoms with Crippen molar-refractivity contribution < 1.29 is 13.2 Å². The summed E-state index contributed by atoms with van der Waals surface area (Å²) in [5.74, 6) is 0. The molecule has 2 aromatic heterocycles. The largest absolute Gasteiger partial charge is 0.387 e. The Hall–Kier alpha value is -3.02. The number of piperidine rings is 1. The van der Waals surface area contributed by atoms with E-state index in [1.165, 1.54) is 6.33 Å². The van der Waals surface area contributed by atoms with Crippen LogP contribution >= 0.6 is 11.6 Å². The lowest BCUT2D eigenvalue weighted by Gasteiger charge is -2.30. The first-order valence-corrected chi connectivity index (χ1v) is 12.6. The molecule has 176 valence electrons. The van der Waals surface area contributed by atoms with Gasteiger partial charge in [0.15, 0.2) is 5.65 Å². The van der Waals surface area contributed by atoms with Crippen LogP contribution in [0.1, 0.15) is 24.1 Å². The third-order valence-electron chi connectivity index (χ3n) is 5.91. The van der Waals surface area contributed by atoms with Crippen LogP contribution in [0.4, 0.5) is 0 Å². The summed E-state index contributed by atoms with van der Waals surface area (Å²) < 4.78 is 28.5. The normalized spacial score (nSPS) is 15.9. The Morgan fingerprint density at radius 3 is 2.59 bits per heavy atom. The molecule has 0 bridgehead atoms. The van der Waals surface area contributed by atoms with Crippen LogP contribution < -0.4 is 5.32 Å². The van der Waals surface area contributed by atoms with Crippen LogP contribution in [0.25, 0.3) is 16.6 Å². The number of nitrogens with zero attached hydrogens (tertiary/aromatic N) is 4. The maximum Gasteiger partial charge on any atom is 0.281 e. The first kappa shape index (κ1) is 24.1. The molecule has 34 heavy (non-hydrogen) atoms. The van der Waals surface area contributed by atoms with Gasteiger partial charge in [-0.05, 0) is 51.1 Å². The summed E-state index contributed by atoms with van der Waals surface area (Å²) >= 11 is 6.26. The Kier molecular flexibility index (Phi) is 7.15. The zero-order chi connectivity index (χ0) is 24.3. The van der Waals surface area contributed by atoms with Gasteiger partial charge in [0.05, 0.1) is 22.2 Å². The van der Waals surface area contributed by atoms with E-state index in [9.17, 15) is 13.2 Å². The van der Waals surface area contributed by atoms with E-state index in [0.29, 0.717) is 18.4 Å². The molecule has 1 saturated heterocycles. The van der Waals surface area contributed by atoms with Crippen molar-refractivity contribution in [2.24, 2.45) is 0 Å². The fourth-order valence-corrected chi connectivity index (χ4v) is 5.67. The van der Waals surface area contributed by atoms with Crippen molar-refractivity contribution >= 4 is 58.0 Å². The van der Waals surface area contributed by atoms with Gasteiger partial charge in [-0.3, -0.25) is 0 Å². The third kappa shape index (κ3) is 4.77. The van der Waals surface area contributed by atoms with Crippen LogP contribution in [-0.2, 0) is 14.8 Å². The molecule has 0 atom stereocenters. The Bertz CT molecular complexity index is 1350. The number of fused-ring (bicyclic) bond motifs is 1. The third-order valence-corrected chi connectivity index (χ3v) is 7.93. The molecule has 0 spiro atoms. The number of aromatic nitrogens is 3. The molecule has 12 heteroatoms. The number of nitrogens with one attached hydrogen (secondary N) is 2. The SMILES string of the molecule is Cc1ccc(S(=O)(=O)n2c(/C(C=N)=C/NC3CCN(BC=O)CC3)cc3c(Cl)ncnc32)cc1. The lowest BCUT2D eigenvalue weighted by molar-refractivity contribution is 0.312. The predicted octanol–water partition coefficient (Wildman–Crippen LogP) is 2.22. The van der Waals surface area contributed by atoms with E-state index in [0.717, 1.165) is 47.9 Å². The maximum absolute atomic E-state index is 13.7. The highest BCUT2D eigenvalue weighted by molar-refractivity contribution is 7.90. The van der Waals surface area contributed by atoms with Crippen molar-refractivity contribution in [1.82, 2.24) is 24.1 Å². The van der Waals surface area contributed by atoms with Crippen LogP contribution in [0.3, 0.4) is 0 Å². The second kappa shape index (κ2) is 10.1. The van der Waals surface area contributed by atoms with E-state index in [4.69, 9.17) is 17.0 Å². The molecule has 0 aliphatic carbocycles. The molecule has 1 aliphatic rings. The number of aryl methyl sites for hydroxylation is 1. The van der Waals surface area contributed by atoms with Gasteiger partial charge in [0.25, 0.3) is 17.4 Å². The highest BCUT2D eigenvalue weighted by Crippen LogP contribution is 2.31. The fraction of sp³-hybridized carbons (Fsp3) is 0.273. The van der Waals surface area contributed by atoms with Crippen molar-refractivity contribution in [3.05, 3.63) is 59.3 Å². The van der Waals surface area contributed by atoms with Gasteiger partial charge in [0, 0.05) is 24.0 Å². The molecular weight excluding hydrogens is 475 g/mol. The van der Waals surface area contributed by atoms with E-state index < -0.39 is 10.0 Å². The van der Waals surface area contributed by atoms with Gasteiger partial charge in [-0.1, -0.05) is 29.3 Å². The molecule has 1 fully saturated rings. The van der Waals surface area contributed by atoms with E-state index in [-0.39, 0.29) is 27.4 Å². The van der Waals surface area contributed by atoms with Gasteiger partial charge in [0.2, 0.25) is 0 Å². The zero-order valence-corrected chi connectivity index (χ0v) is 20.2. The average molecular weight is 499 g/mol. The molecule has 9 nitrogen and oxygen atoms in total. The fourth-order valence-electron chi connectivity index (χ4n) is 4.01. The molecule has 1 aromatic carbocycles. The molecule has 1 aliphatic heterocycles. The van der Waals surface area contributed by atoms with Crippen LogP contribution in [0.15, 0.2) is 47.8 Å². The molecule has 0 saturated carbocycles. The summed E-state index contributed by atoms with van der Waals surface area (Å²) in [6.07, 6.45) is 6.54. The van der Waals surface area contributed by atoms with Crippen LogP contribution in [0, 0.1) is 12.3 Å². The van der Waals surface area contributed by atoms with Gasteiger partial charge in [-0.15, -0.1) is 0 Å². The quantitative estimate of drug-likeness (QED) is 0.211.